The molecule has 2 aliphatic heterocycles. The van der Waals surface area contributed by atoms with Crippen LogP contribution in [0.1, 0.15) is 36.0 Å². The quantitative estimate of drug-likeness (QED) is 0.888. The number of primary amides is 1. The van der Waals surface area contributed by atoms with E-state index in [4.69, 9.17) is 15.2 Å². The Kier molecular flexibility index (Phi) is 4.81. The van der Waals surface area contributed by atoms with Gasteiger partial charge < -0.3 is 20.1 Å². The van der Waals surface area contributed by atoms with Crippen molar-refractivity contribution in [3.05, 3.63) is 29.8 Å². The average Bonchev–Trinajstić information content (AvgIpc) is 3.24. The molecule has 2 N–H and O–H groups in total. The van der Waals surface area contributed by atoms with Crippen LogP contribution in [0.3, 0.4) is 0 Å². The molecular weight excluding hydrogens is 296 g/mol. The Morgan fingerprint density at radius 1 is 1.22 bits per heavy atom. The lowest BCUT2D eigenvalue weighted by atomic mass is 10.1. The van der Waals surface area contributed by atoms with Gasteiger partial charge in [0.25, 0.3) is 5.91 Å². The first-order valence-corrected chi connectivity index (χ1v) is 8.10. The number of carbonyl (C=O) groups is 2. The van der Waals surface area contributed by atoms with E-state index in [9.17, 15) is 9.59 Å². The summed E-state index contributed by atoms with van der Waals surface area (Å²) in [5.74, 6) is 0.120. The summed E-state index contributed by atoms with van der Waals surface area (Å²) in [6.45, 7) is 1.91. The van der Waals surface area contributed by atoms with E-state index >= 15 is 0 Å². The molecule has 2 aliphatic rings. The highest BCUT2D eigenvalue weighted by molar-refractivity contribution is 5.97. The molecule has 0 spiro atoms. The topological polar surface area (TPSA) is 81.9 Å². The summed E-state index contributed by atoms with van der Waals surface area (Å²) in [5, 5.41) is 0. The first-order valence-electron chi connectivity index (χ1n) is 8.10. The van der Waals surface area contributed by atoms with Gasteiger partial charge in [-0.15, -0.1) is 0 Å². The number of hydrogen-bond donors (Lipinski definition) is 1. The van der Waals surface area contributed by atoms with Crippen LogP contribution in [0.15, 0.2) is 24.3 Å². The van der Waals surface area contributed by atoms with Gasteiger partial charge in [-0.05, 0) is 49.9 Å². The average molecular weight is 318 g/mol. The van der Waals surface area contributed by atoms with Crippen molar-refractivity contribution in [1.82, 2.24) is 4.90 Å². The molecule has 2 amide bonds. The zero-order valence-corrected chi connectivity index (χ0v) is 13.1. The Bertz CT molecular complexity index is 566. The van der Waals surface area contributed by atoms with E-state index in [2.05, 4.69) is 0 Å². The zero-order valence-electron chi connectivity index (χ0n) is 13.1. The molecule has 3 rings (SSSR count). The van der Waals surface area contributed by atoms with Gasteiger partial charge in [0.15, 0.2) is 0 Å². The second kappa shape index (κ2) is 7.00. The molecule has 0 saturated carbocycles. The van der Waals surface area contributed by atoms with Crippen molar-refractivity contribution in [3.63, 3.8) is 0 Å². The van der Waals surface area contributed by atoms with Gasteiger partial charge in [-0.2, -0.15) is 0 Å². The fourth-order valence-corrected chi connectivity index (χ4v) is 3.13. The number of nitrogens with two attached hydrogens (primary N) is 1. The Balaban J connectivity index is 1.59. The molecule has 1 aromatic rings. The number of nitrogens with zero attached hydrogens (tertiary/aromatic N) is 1. The van der Waals surface area contributed by atoms with Gasteiger partial charge >= 0.3 is 0 Å². The summed E-state index contributed by atoms with van der Waals surface area (Å²) >= 11 is 0. The molecule has 6 heteroatoms. The summed E-state index contributed by atoms with van der Waals surface area (Å²) in [6.07, 6.45) is 3.72. The lowest BCUT2D eigenvalue weighted by Crippen LogP contribution is -2.43. The van der Waals surface area contributed by atoms with Gasteiger partial charge in [-0.3, -0.25) is 9.59 Å². The normalized spacial score (nSPS) is 23.9. The van der Waals surface area contributed by atoms with E-state index in [0.29, 0.717) is 30.9 Å². The third-order valence-corrected chi connectivity index (χ3v) is 4.40. The number of rotatable bonds is 5. The van der Waals surface area contributed by atoms with Crippen LogP contribution < -0.4 is 10.5 Å². The molecule has 124 valence electrons. The Morgan fingerprint density at radius 3 is 2.65 bits per heavy atom. The Morgan fingerprint density at radius 2 is 2.00 bits per heavy atom. The van der Waals surface area contributed by atoms with E-state index in [1.807, 2.05) is 0 Å². The molecule has 0 aromatic heterocycles. The minimum atomic E-state index is -0.488. The number of hydrogen-bond acceptors (Lipinski definition) is 4. The molecule has 0 bridgehead atoms. The molecule has 0 unspecified atom stereocenters. The Hall–Kier alpha value is -2.08. The molecular formula is C17H22N2O4. The maximum absolute atomic E-state index is 12.5. The van der Waals surface area contributed by atoms with Crippen molar-refractivity contribution < 1.29 is 19.1 Å². The van der Waals surface area contributed by atoms with Gasteiger partial charge in [-0.25, -0.2) is 0 Å². The zero-order chi connectivity index (χ0) is 16.2. The summed E-state index contributed by atoms with van der Waals surface area (Å²) < 4.78 is 11.2. The SMILES string of the molecule is NC(=O)[C@@H]1CCCN1C(=O)c1ccc(OC[C@@H]2CCCO2)cc1. The van der Waals surface area contributed by atoms with Crippen molar-refractivity contribution in [1.29, 1.82) is 0 Å². The van der Waals surface area contributed by atoms with E-state index < -0.39 is 11.9 Å². The van der Waals surface area contributed by atoms with Crippen LogP contribution in [0, 0.1) is 0 Å². The summed E-state index contributed by atoms with van der Waals surface area (Å²) in [6, 6.07) is 6.51. The molecule has 2 fully saturated rings. The monoisotopic (exact) mass is 318 g/mol. The number of likely N-dealkylation sites (tertiary alicyclic amines) is 1. The smallest absolute Gasteiger partial charge is 0.254 e. The number of ether oxygens (including phenoxy) is 2. The van der Waals surface area contributed by atoms with Crippen molar-refractivity contribution in [2.24, 2.45) is 5.73 Å². The van der Waals surface area contributed by atoms with Crippen molar-refractivity contribution >= 4 is 11.8 Å². The highest BCUT2D eigenvalue weighted by Gasteiger charge is 2.33. The third kappa shape index (κ3) is 3.64. The molecule has 0 aliphatic carbocycles. The van der Waals surface area contributed by atoms with E-state index in [-0.39, 0.29) is 12.0 Å². The molecule has 0 radical (unpaired) electrons. The number of benzene rings is 1. The van der Waals surface area contributed by atoms with E-state index in [1.165, 1.54) is 0 Å². The lowest BCUT2D eigenvalue weighted by molar-refractivity contribution is -0.121. The van der Waals surface area contributed by atoms with Gasteiger partial charge in [0, 0.05) is 18.7 Å². The van der Waals surface area contributed by atoms with Gasteiger partial charge in [-0.1, -0.05) is 0 Å². The maximum atomic E-state index is 12.5. The first kappa shape index (κ1) is 15.8. The van der Waals surface area contributed by atoms with Crippen molar-refractivity contribution in [2.45, 2.75) is 37.8 Å². The number of carbonyl (C=O) groups excluding carboxylic acids is 2. The van der Waals surface area contributed by atoms with Crippen LogP contribution in [0.25, 0.3) is 0 Å². The molecule has 23 heavy (non-hydrogen) atoms. The second-order valence-electron chi connectivity index (χ2n) is 6.03. The molecule has 6 nitrogen and oxygen atoms in total. The van der Waals surface area contributed by atoms with E-state index in [0.717, 1.165) is 25.9 Å². The highest BCUT2D eigenvalue weighted by Crippen LogP contribution is 2.22. The minimum absolute atomic E-state index is 0.156. The largest absolute Gasteiger partial charge is 0.491 e. The first-order chi connectivity index (χ1) is 11.1. The predicted octanol–water partition coefficient (Wildman–Crippen LogP) is 1.33. The molecule has 2 saturated heterocycles. The van der Waals surface area contributed by atoms with Crippen molar-refractivity contribution in [3.8, 4) is 5.75 Å². The maximum Gasteiger partial charge on any atom is 0.254 e. The third-order valence-electron chi connectivity index (χ3n) is 4.40. The van der Waals surface area contributed by atoms with Gasteiger partial charge in [0.1, 0.15) is 18.4 Å². The molecule has 2 atom stereocenters. The summed E-state index contributed by atoms with van der Waals surface area (Å²) in [4.78, 5) is 25.5. The second-order valence-corrected chi connectivity index (χ2v) is 6.03. The van der Waals surface area contributed by atoms with Crippen LogP contribution in [-0.4, -0.2) is 48.6 Å². The Labute approximate surface area is 135 Å². The van der Waals surface area contributed by atoms with Crippen LogP contribution in [-0.2, 0) is 9.53 Å². The summed E-state index contributed by atoms with van der Waals surface area (Å²) in [5.41, 5.74) is 5.91. The van der Waals surface area contributed by atoms with E-state index in [1.54, 1.807) is 29.2 Å². The van der Waals surface area contributed by atoms with Crippen LogP contribution >= 0.6 is 0 Å². The summed E-state index contributed by atoms with van der Waals surface area (Å²) in [7, 11) is 0. The molecule has 1 aromatic carbocycles. The van der Waals surface area contributed by atoms with Crippen molar-refractivity contribution in [2.75, 3.05) is 19.8 Å². The lowest BCUT2D eigenvalue weighted by Gasteiger charge is -2.22. The highest BCUT2D eigenvalue weighted by atomic mass is 16.5. The molecule has 2 heterocycles. The van der Waals surface area contributed by atoms with Crippen LogP contribution in [0.4, 0.5) is 0 Å². The van der Waals surface area contributed by atoms with Crippen LogP contribution in [0.5, 0.6) is 5.75 Å². The number of amides is 2. The predicted molar refractivity (Wildman–Crippen MR) is 84.2 cm³/mol. The standard InChI is InChI=1S/C17H22N2O4/c18-16(20)15-4-1-9-19(15)17(21)12-5-7-13(8-6-12)23-11-14-3-2-10-22-14/h5-8,14-15H,1-4,9-11H2,(H2,18,20)/t14-,15-/m0/s1. The minimum Gasteiger partial charge on any atom is -0.491 e. The van der Waals surface area contributed by atoms with Gasteiger partial charge in [0.05, 0.1) is 6.10 Å². The fourth-order valence-electron chi connectivity index (χ4n) is 3.13. The van der Waals surface area contributed by atoms with Crippen LogP contribution in [0.2, 0.25) is 0 Å². The fraction of sp³-hybridized carbons (Fsp3) is 0.529. The van der Waals surface area contributed by atoms with Gasteiger partial charge in [0.2, 0.25) is 5.91 Å².